The predicted molar refractivity (Wildman–Crippen MR) is 119 cm³/mol. The second kappa shape index (κ2) is 7.49. The molecule has 1 aliphatic heterocycles. The molecule has 3 N–H and O–H groups in total. The highest BCUT2D eigenvalue weighted by atomic mass is 16.4. The first-order chi connectivity index (χ1) is 15.4. The van der Waals surface area contributed by atoms with Crippen molar-refractivity contribution >= 4 is 39.6 Å². The van der Waals surface area contributed by atoms with Crippen molar-refractivity contribution in [2.24, 2.45) is 0 Å². The van der Waals surface area contributed by atoms with Crippen molar-refractivity contribution in [3.63, 3.8) is 0 Å². The number of anilines is 1. The molecule has 0 atom stereocenters. The van der Waals surface area contributed by atoms with Gasteiger partial charge in [-0.2, -0.15) is 0 Å². The molecule has 0 bridgehead atoms. The van der Waals surface area contributed by atoms with Crippen LogP contribution in [0.1, 0.15) is 17.3 Å². The molecule has 5 rings (SSSR count). The number of pyridine rings is 1. The first kappa shape index (κ1) is 19.7. The molecule has 32 heavy (non-hydrogen) atoms. The molecular weight excluding hydrogens is 412 g/mol. The van der Waals surface area contributed by atoms with Gasteiger partial charge in [-0.3, -0.25) is 9.59 Å². The van der Waals surface area contributed by atoms with E-state index in [9.17, 15) is 19.5 Å². The number of aromatic nitrogens is 4. The van der Waals surface area contributed by atoms with Crippen molar-refractivity contribution in [2.75, 3.05) is 31.1 Å². The van der Waals surface area contributed by atoms with Crippen molar-refractivity contribution in [3.8, 4) is 11.3 Å². The second-order valence-corrected chi connectivity index (χ2v) is 7.71. The molecule has 1 fully saturated rings. The number of hydrogen-bond acceptors (Lipinski definition) is 6. The number of amides is 1. The molecular formula is C22H20N6O4. The zero-order valence-electron chi connectivity index (χ0n) is 17.3. The maximum atomic E-state index is 12.3. The third-order valence-electron chi connectivity index (χ3n) is 5.82. The van der Waals surface area contributed by atoms with E-state index in [0.717, 1.165) is 5.56 Å². The minimum absolute atomic E-state index is 0.0416. The fraction of sp³-hybridized carbons (Fsp3) is 0.227. The Bertz CT molecular complexity index is 1430. The van der Waals surface area contributed by atoms with Crippen LogP contribution in [-0.4, -0.2) is 68.0 Å². The molecule has 0 radical (unpaired) electrons. The van der Waals surface area contributed by atoms with Crippen LogP contribution in [0.25, 0.3) is 33.1 Å². The van der Waals surface area contributed by atoms with Crippen LogP contribution in [0.2, 0.25) is 0 Å². The number of carbonyl (C=O) groups is 2. The lowest BCUT2D eigenvalue weighted by Gasteiger charge is -2.34. The van der Waals surface area contributed by atoms with E-state index < -0.39 is 5.97 Å². The van der Waals surface area contributed by atoms with Crippen molar-refractivity contribution in [1.29, 1.82) is 0 Å². The monoisotopic (exact) mass is 432 g/mol. The molecule has 0 spiro atoms. The number of piperazine rings is 1. The Balaban J connectivity index is 1.56. The molecule has 10 nitrogen and oxygen atoms in total. The molecule has 0 unspecified atom stereocenters. The van der Waals surface area contributed by atoms with Gasteiger partial charge >= 0.3 is 5.97 Å². The van der Waals surface area contributed by atoms with Crippen molar-refractivity contribution in [2.45, 2.75) is 6.92 Å². The molecule has 0 aliphatic carbocycles. The van der Waals surface area contributed by atoms with Gasteiger partial charge in [0.2, 0.25) is 11.9 Å². The summed E-state index contributed by atoms with van der Waals surface area (Å²) in [6.07, 6.45) is 3.01. The fourth-order valence-corrected chi connectivity index (χ4v) is 4.14. The molecule has 4 heterocycles. The molecule has 1 amide bonds. The van der Waals surface area contributed by atoms with E-state index in [1.165, 1.54) is 6.20 Å². The number of carboxylic acids is 1. The van der Waals surface area contributed by atoms with Crippen molar-refractivity contribution in [3.05, 3.63) is 52.6 Å². The number of H-pyrrole nitrogens is 2. The number of fused-ring (bicyclic) bond motifs is 3. The van der Waals surface area contributed by atoms with E-state index in [1.807, 2.05) is 17.0 Å². The van der Waals surface area contributed by atoms with Crippen LogP contribution in [-0.2, 0) is 4.79 Å². The molecule has 0 saturated carbocycles. The zero-order valence-corrected chi connectivity index (χ0v) is 17.3. The summed E-state index contributed by atoms with van der Waals surface area (Å²) < 4.78 is 0. The van der Waals surface area contributed by atoms with E-state index in [1.54, 1.807) is 30.2 Å². The molecule has 4 aromatic rings. The first-order valence-electron chi connectivity index (χ1n) is 10.2. The average Bonchev–Trinajstić information content (AvgIpc) is 3.26. The number of benzene rings is 1. The Morgan fingerprint density at radius 2 is 1.91 bits per heavy atom. The Kier molecular flexibility index (Phi) is 4.62. The molecule has 162 valence electrons. The lowest BCUT2D eigenvalue weighted by molar-refractivity contribution is -0.129. The van der Waals surface area contributed by atoms with Crippen LogP contribution in [0.3, 0.4) is 0 Å². The Morgan fingerprint density at radius 1 is 1.12 bits per heavy atom. The molecule has 1 saturated heterocycles. The van der Waals surface area contributed by atoms with Gasteiger partial charge in [-0.25, -0.2) is 14.8 Å². The van der Waals surface area contributed by atoms with Gasteiger partial charge in [0.15, 0.2) is 0 Å². The highest BCUT2D eigenvalue weighted by molar-refractivity contribution is 6.15. The first-order valence-corrected chi connectivity index (χ1v) is 10.2. The number of rotatable bonds is 3. The van der Waals surface area contributed by atoms with E-state index >= 15 is 0 Å². The lowest BCUT2D eigenvalue weighted by Crippen LogP contribution is -2.48. The average molecular weight is 432 g/mol. The van der Waals surface area contributed by atoms with Crippen LogP contribution in [0.5, 0.6) is 0 Å². The summed E-state index contributed by atoms with van der Waals surface area (Å²) in [5, 5.41) is 10.5. The minimum Gasteiger partial charge on any atom is -0.478 e. The largest absolute Gasteiger partial charge is 0.478 e. The number of nitrogens with one attached hydrogen (secondary N) is 2. The van der Waals surface area contributed by atoms with Gasteiger partial charge in [0.25, 0.3) is 5.56 Å². The number of nitrogens with zero attached hydrogens (tertiary/aromatic N) is 4. The maximum Gasteiger partial charge on any atom is 0.337 e. The van der Waals surface area contributed by atoms with Gasteiger partial charge in [-0.05, 0) is 18.2 Å². The maximum absolute atomic E-state index is 12.3. The van der Waals surface area contributed by atoms with Crippen LogP contribution in [0.15, 0.2) is 41.5 Å². The quantitative estimate of drug-likeness (QED) is 0.449. The third kappa shape index (κ3) is 3.25. The summed E-state index contributed by atoms with van der Waals surface area (Å²) in [6, 6.07) is 7.19. The number of carboxylic acid groups (broad SMARTS) is 1. The number of aromatic amines is 2. The number of aromatic carboxylic acids is 1. The summed E-state index contributed by atoms with van der Waals surface area (Å²) in [6.45, 7) is 4.10. The van der Waals surface area contributed by atoms with Crippen LogP contribution >= 0.6 is 0 Å². The normalized spacial score (nSPS) is 14.3. The van der Waals surface area contributed by atoms with E-state index in [4.69, 9.17) is 4.98 Å². The summed E-state index contributed by atoms with van der Waals surface area (Å²) in [4.78, 5) is 54.1. The Hall–Kier alpha value is -4.21. The van der Waals surface area contributed by atoms with Gasteiger partial charge in [-0.1, -0.05) is 6.07 Å². The van der Waals surface area contributed by atoms with Crippen molar-refractivity contribution in [1.82, 2.24) is 24.8 Å². The minimum atomic E-state index is -1.11. The van der Waals surface area contributed by atoms with E-state index in [-0.39, 0.29) is 22.5 Å². The fourth-order valence-electron chi connectivity index (χ4n) is 4.14. The van der Waals surface area contributed by atoms with Gasteiger partial charge in [0.1, 0.15) is 5.52 Å². The van der Waals surface area contributed by atoms with E-state index in [2.05, 4.69) is 15.0 Å². The second-order valence-electron chi connectivity index (χ2n) is 7.71. The molecule has 1 aromatic carbocycles. The highest BCUT2D eigenvalue weighted by Crippen LogP contribution is 2.29. The van der Waals surface area contributed by atoms with Gasteiger partial charge in [0.05, 0.1) is 11.3 Å². The van der Waals surface area contributed by atoms with Gasteiger partial charge in [-0.15, -0.1) is 0 Å². The SMILES string of the molecule is CC(=O)N1CCN(c2nccc(-c3ccc4[nH]c(=O)c5[nH]cc(C(=O)O)c5c4c3)n2)CC1. The van der Waals surface area contributed by atoms with Crippen molar-refractivity contribution < 1.29 is 14.7 Å². The number of carbonyl (C=O) groups excluding carboxylic acids is 1. The smallest absolute Gasteiger partial charge is 0.337 e. The Morgan fingerprint density at radius 3 is 2.62 bits per heavy atom. The molecule has 10 heteroatoms. The predicted octanol–water partition coefficient (Wildman–Crippen LogP) is 1.83. The highest BCUT2D eigenvalue weighted by Gasteiger charge is 2.21. The van der Waals surface area contributed by atoms with Gasteiger partial charge in [0, 0.05) is 67.3 Å². The van der Waals surface area contributed by atoms with Crippen LogP contribution < -0.4 is 10.5 Å². The molecule has 1 aliphatic rings. The summed E-state index contributed by atoms with van der Waals surface area (Å²) in [5.74, 6) is -0.474. The van der Waals surface area contributed by atoms with Crippen LogP contribution in [0, 0.1) is 0 Å². The summed E-state index contributed by atoms with van der Waals surface area (Å²) in [5.41, 5.74) is 1.88. The summed E-state index contributed by atoms with van der Waals surface area (Å²) in [7, 11) is 0. The van der Waals surface area contributed by atoms with Crippen LogP contribution in [0.4, 0.5) is 5.95 Å². The Labute approximate surface area is 181 Å². The molecule has 3 aromatic heterocycles. The third-order valence-corrected chi connectivity index (χ3v) is 5.82. The lowest BCUT2D eigenvalue weighted by atomic mass is 10.0. The zero-order chi connectivity index (χ0) is 22.4. The van der Waals surface area contributed by atoms with Gasteiger partial charge < -0.3 is 24.9 Å². The summed E-state index contributed by atoms with van der Waals surface area (Å²) >= 11 is 0. The topological polar surface area (TPSA) is 135 Å². The number of hydrogen-bond donors (Lipinski definition) is 3. The standard InChI is InChI=1S/C22H20N6O4/c1-12(29)27-6-8-28(9-7-27)22-23-5-4-16(26-22)13-2-3-17-14(10-13)18-15(21(31)32)11-24-19(18)20(30)25-17/h2-5,10-11,24H,6-9H2,1H3,(H,25,30)(H,31,32). The van der Waals surface area contributed by atoms with E-state index in [0.29, 0.717) is 54.1 Å².